The number of hydrogen-bond donors (Lipinski definition) is 0. The van der Waals surface area contributed by atoms with Crippen molar-refractivity contribution < 1.29 is 4.79 Å². The molecule has 1 aromatic carbocycles. The maximum atomic E-state index is 12.4. The summed E-state index contributed by atoms with van der Waals surface area (Å²) in [6.07, 6.45) is 3.32. The fourth-order valence-electron chi connectivity index (χ4n) is 3.39. The van der Waals surface area contributed by atoms with Crippen LogP contribution in [0.5, 0.6) is 0 Å². The monoisotopic (exact) mass is 353 g/mol. The summed E-state index contributed by atoms with van der Waals surface area (Å²) in [5, 5.41) is 0. The van der Waals surface area contributed by atoms with Gasteiger partial charge in [-0.2, -0.15) is 0 Å². The summed E-state index contributed by atoms with van der Waals surface area (Å²) < 4.78 is 1.73. The molecule has 1 aliphatic heterocycles. The Balaban J connectivity index is 1.46. The molecule has 0 aliphatic carbocycles. The highest BCUT2D eigenvalue weighted by molar-refractivity contribution is 5.76. The van der Waals surface area contributed by atoms with Crippen molar-refractivity contribution in [3.8, 4) is 0 Å². The average molecular weight is 353 g/mol. The van der Waals surface area contributed by atoms with E-state index in [2.05, 4.69) is 17.0 Å². The number of nitrogens with zero attached hydrogens (tertiary/aromatic N) is 3. The normalized spacial score (nSPS) is 15.2. The summed E-state index contributed by atoms with van der Waals surface area (Å²) in [6, 6.07) is 13.7. The fourth-order valence-corrected chi connectivity index (χ4v) is 3.39. The Hall–Kier alpha value is -2.40. The van der Waals surface area contributed by atoms with E-state index in [1.54, 1.807) is 10.6 Å². The van der Waals surface area contributed by atoms with Crippen LogP contribution in [0.25, 0.3) is 0 Å². The molecule has 5 nitrogen and oxygen atoms in total. The van der Waals surface area contributed by atoms with Gasteiger partial charge < -0.3 is 9.47 Å². The van der Waals surface area contributed by atoms with E-state index in [0.29, 0.717) is 13.0 Å². The van der Waals surface area contributed by atoms with E-state index >= 15 is 0 Å². The van der Waals surface area contributed by atoms with E-state index in [1.165, 1.54) is 5.56 Å². The van der Waals surface area contributed by atoms with Crippen LogP contribution in [0.4, 0.5) is 0 Å². The van der Waals surface area contributed by atoms with Crippen molar-refractivity contribution in [2.45, 2.75) is 32.9 Å². The lowest BCUT2D eigenvalue weighted by Crippen LogP contribution is -2.48. The number of aromatic nitrogens is 1. The van der Waals surface area contributed by atoms with E-state index in [-0.39, 0.29) is 11.5 Å². The molecule has 0 unspecified atom stereocenters. The zero-order valence-corrected chi connectivity index (χ0v) is 15.4. The van der Waals surface area contributed by atoms with Crippen LogP contribution in [0, 0.1) is 0 Å². The highest BCUT2D eigenvalue weighted by atomic mass is 16.2. The van der Waals surface area contributed by atoms with Crippen molar-refractivity contribution in [1.29, 1.82) is 0 Å². The molecule has 2 aromatic rings. The molecule has 1 saturated heterocycles. The topological polar surface area (TPSA) is 45.5 Å². The van der Waals surface area contributed by atoms with E-state index in [9.17, 15) is 9.59 Å². The molecule has 0 saturated carbocycles. The summed E-state index contributed by atoms with van der Waals surface area (Å²) in [4.78, 5) is 28.4. The molecule has 0 bridgehead atoms. The van der Waals surface area contributed by atoms with Gasteiger partial charge in [0.2, 0.25) is 5.91 Å². The average Bonchev–Trinajstić information content (AvgIpc) is 2.69. The first kappa shape index (κ1) is 18.4. The zero-order chi connectivity index (χ0) is 18.4. The SMILES string of the molecule is CCn1cc(CN2CCN(C(=O)CCc3ccccc3)CC2)ccc1=O. The number of rotatable bonds is 6. The number of benzene rings is 1. The van der Waals surface area contributed by atoms with Crippen molar-refractivity contribution in [3.05, 3.63) is 70.1 Å². The van der Waals surface area contributed by atoms with Gasteiger partial charge in [-0.15, -0.1) is 0 Å². The molecular formula is C21H27N3O2. The second-order valence-corrected chi connectivity index (χ2v) is 6.80. The van der Waals surface area contributed by atoms with Gasteiger partial charge >= 0.3 is 0 Å². The van der Waals surface area contributed by atoms with Crippen molar-refractivity contribution in [2.24, 2.45) is 0 Å². The summed E-state index contributed by atoms with van der Waals surface area (Å²) in [6.45, 7) is 6.81. The van der Waals surface area contributed by atoms with Gasteiger partial charge in [0, 0.05) is 58.0 Å². The molecule has 0 atom stereocenters. The van der Waals surface area contributed by atoms with Crippen LogP contribution in [0.1, 0.15) is 24.5 Å². The summed E-state index contributed by atoms with van der Waals surface area (Å²) >= 11 is 0. The van der Waals surface area contributed by atoms with Gasteiger partial charge in [-0.05, 0) is 24.5 Å². The Kier molecular flexibility index (Phi) is 6.23. The second-order valence-electron chi connectivity index (χ2n) is 6.80. The van der Waals surface area contributed by atoms with Crippen molar-refractivity contribution in [2.75, 3.05) is 26.2 Å². The molecule has 1 amide bonds. The van der Waals surface area contributed by atoms with Crippen LogP contribution >= 0.6 is 0 Å². The minimum absolute atomic E-state index is 0.0464. The van der Waals surface area contributed by atoms with Gasteiger partial charge in [0.25, 0.3) is 5.56 Å². The summed E-state index contributed by atoms with van der Waals surface area (Å²) in [7, 11) is 0. The Morgan fingerprint density at radius 3 is 2.38 bits per heavy atom. The minimum Gasteiger partial charge on any atom is -0.340 e. The van der Waals surface area contributed by atoms with E-state index in [4.69, 9.17) is 0 Å². The molecule has 5 heteroatoms. The molecule has 0 N–H and O–H groups in total. The van der Waals surface area contributed by atoms with Crippen LogP contribution < -0.4 is 5.56 Å². The number of carbonyl (C=O) groups excluding carboxylic acids is 1. The third-order valence-electron chi connectivity index (χ3n) is 4.99. The van der Waals surface area contributed by atoms with Crippen LogP contribution in [-0.4, -0.2) is 46.5 Å². The lowest BCUT2D eigenvalue weighted by molar-refractivity contribution is -0.133. The highest BCUT2D eigenvalue weighted by Crippen LogP contribution is 2.10. The van der Waals surface area contributed by atoms with Crippen molar-refractivity contribution in [1.82, 2.24) is 14.4 Å². The number of carbonyl (C=O) groups is 1. The van der Waals surface area contributed by atoms with Crippen LogP contribution in [0.2, 0.25) is 0 Å². The Morgan fingerprint density at radius 2 is 1.69 bits per heavy atom. The minimum atomic E-state index is 0.0464. The third-order valence-corrected chi connectivity index (χ3v) is 4.99. The van der Waals surface area contributed by atoms with Crippen molar-refractivity contribution in [3.63, 3.8) is 0 Å². The molecule has 0 spiro atoms. The smallest absolute Gasteiger partial charge is 0.250 e. The lowest BCUT2D eigenvalue weighted by atomic mass is 10.1. The molecule has 0 radical (unpaired) electrons. The van der Waals surface area contributed by atoms with Crippen LogP contribution in [0.15, 0.2) is 53.5 Å². The Bertz CT molecular complexity index is 777. The molecule has 138 valence electrons. The molecule has 3 rings (SSSR count). The van der Waals surface area contributed by atoms with Gasteiger partial charge in [-0.3, -0.25) is 14.5 Å². The standard InChI is InChI=1S/C21H27N3O2/c1-2-23-17-19(9-11-20(23)25)16-22-12-14-24(15-13-22)21(26)10-8-18-6-4-3-5-7-18/h3-7,9,11,17H,2,8,10,12-16H2,1H3. The molecule has 1 aliphatic rings. The molecule has 26 heavy (non-hydrogen) atoms. The summed E-state index contributed by atoms with van der Waals surface area (Å²) in [5.74, 6) is 0.244. The van der Waals surface area contributed by atoms with Crippen LogP contribution in [-0.2, 0) is 24.3 Å². The molecule has 1 aromatic heterocycles. The van der Waals surface area contributed by atoms with Gasteiger partial charge in [0.05, 0.1) is 0 Å². The van der Waals surface area contributed by atoms with Gasteiger partial charge in [0.1, 0.15) is 0 Å². The van der Waals surface area contributed by atoms with E-state index < -0.39 is 0 Å². The maximum Gasteiger partial charge on any atom is 0.250 e. The molecule has 1 fully saturated rings. The number of piperazine rings is 1. The van der Waals surface area contributed by atoms with E-state index in [1.807, 2.05) is 42.3 Å². The lowest BCUT2D eigenvalue weighted by Gasteiger charge is -2.35. The number of hydrogen-bond acceptors (Lipinski definition) is 3. The van der Waals surface area contributed by atoms with E-state index in [0.717, 1.165) is 44.7 Å². The predicted octanol–water partition coefficient (Wildman–Crippen LogP) is 2.15. The first-order valence-electron chi connectivity index (χ1n) is 9.39. The predicted molar refractivity (Wildman–Crippen MR) is 103 cm³/mol. The van der Waals surface area contributed by atoms with Gasteiger partial charge in [-0.1, -0.05) is 36.4 Å². The largest absolute Gasteiger partial charge is 0.340 e. The number of amides is 1. The molecular weight excluding hydrogens is 326 g/mol. The molecule has 2 heterocycles. The number of pyridine rings is 1. The van der Waals surface area contributed by atoms with Gasteiger partial charge in [0.15, 0.2) is 0 Å². The zero-order valence-electron chi connectivity index (χ0n) is 15.4. The first-order valence-corrected chi connectivity index (χ1v) is 9.39. The highest BCUT2D eigenvalue weighted by Gasteiger charge is 2.21. The Labute approximate surface area is 154 Å². The summed E-state index contributed by atoms with van der Waals surface area (Å²) in [5.41, 5.74) is 2.41. The van der Waals surface area contributed by atoms with Crippen molar-refractivity contribution >= 4 is 5.91 Å². The maximum absolute atomic E-state index is 12.4. The number of aryl methyl sites for hydroxylation is 2. The Morgan fingerprint density at radius 1 is 0.962 bits per heavy atom. The van der Waals surface area contributed by atoms with Gasteiger partial charge in [-0.25, -0.2) is 0 Å². The second kappa shape index (κ2) is 8.81. The fraction of sp³-hybridized carbons (Fsp3) is 0.429. The quantitative estimate of drug-likeness (QED) is 0.799. The van der Waals surface area contributed by atoms with Crippen LogP contribution in [0.3, 0.4) is 0 Å². The third kappa shape index (κ3) is 4.82. The first-order chi connectivity index (χ1) is 12.7.